The Morgan fingerprint density at radius 3 is 2.73 bits per heavy atom. The van der Waals surface area contributed by atoms with Crippen LogP contribution in [0.15, 0.2) is 12.1 Å². The van der Waals surface area contributed by atoms with Crippen LogP contribution in [0.4, 0.5) is 0 Å². The third kappa shape index (κ3) is 3.29. The molecule has 84 valence electrons. The summed E-state index contributed by atoms with van der Waals surface area (Å²) in [6, 6.07) is 3.43. The number of rotatable bonds is 4. The molecule has 0 unspecified atom stereocenters. The number of hydrogen-bond acceptors (Lipinski definition) is 3. The summed E-state index contributed by atoms with van der Waals surface area (Å²) < 4.78 is 5.01. The zero-order valence-electron chi connectivity index (χ0n) is 8.96. The summed E-state index contributed by atoms with van der Waals surface area (Å²) in [7, 11) is 1.50. The molecule has 0 aromatic heterocycles. The van der Waals surface area contributed by atoms with Crippen molar-refractivity contribution in [3.63, 3.8) is 0 Å². The maximum Gasteiger partial charge on any atom is 0.162 e. The number of aryl methyl sites for hydroxylation is 1. The second-order valence-corrected chi connectivity index (χ2v) is 4.07. The van der Waals surface area contributed by atoms with Crippen LogP contribution in [-0.4, -0.2) is 18.3 Å². The number of nitrogens with two attached hydrogens (primary N) is 1. The fraction of sp³-hybridized carbons (Fsp3) is 0.455. The highest BCUT2D eigenvalue weighted by Crippen LogP contribution is 2.34. The first kappa shape index (κ1) is 12.1. The van der Waals surface area contributed by atoms with E-state index in [-0.39, 0.29) is 11.8 Å². The van der Waals surface area contributed by atoms with Gasteiger partial charge in [0.15, 0.2) is 11.5 Å². The van der Waals surface area contributed by atoms with E-state index < -0.39 is 0 Å². The fourth-order valence-corrected chi connectivity index (χ4v) is 1.59. The van der Waals surface area contributed by atoms with Crippen LogP contribution in [-0.2, 0) is 6.42 Å². The van der Waals surface area contributed by atoms with E-state index in [1.807, 2.05) is 6.92 Å². The topological polar surface area (TPSA) is 55.5 Å². The summed E-state index contributed by atoms with van der Waals surface area (Å²) in [6.07, 6.45) is 1.50. The van der Waals surface area contributed by atoms with Crippen LogP contribution < -0.4 is 10.5 Å². The van der Waals surface area contributed by atoms with Crippen LogP contribution in [0.25, 0.3) is 0 Å². The molecule has 0 saturated carbocycles. The average Bonchev–Trinajstić information content (AvgIpc) is 2.18. The summed E-state index contributed by atoms with van der Waals surface area (Å²) >= 11 is 5.89. The zero-order chi connectivity index (χ0) is 11.4. The van der Waals surface area contributed by atoms with Crippen LogP contribution in [0.1, 0.15) is 18.9 Å². The van der Waals surface area contributed by atoms with Gasteiger partial charge in [0, 0.05) is 17.1 Å². The Labute approximate surface area is 94.8 Å². The SMILES string of the molecule is COc1cc(Cl)cc(CC[C@H](C)N)c1O. The Hall–Kier alpha value is -0.930. The lowest BCUT2D eigenvalue weighted by atomic mass is 10.1. The van der Waals surface area contributed by atoms with E-state index in [9.17, 15) is 5.11 Å². The monoisotopic (exact) mass is 229 g/mol. The van der Waals surface area contributed by atoms with E-state index in [0.29, 0.717) is 17.2 Å². The van der Waals surface area contributed by atoms with E-state index >= 15 is 0 Å². The van der Waals surface area contributed by atoms with Gasteiger partial charge in [0.05, 0.1) is 7.11 Å². The van der Waals surface area contributed by atoms with Crippen LogP contribution >= 0.6 is 11.6 Å². The maximum atomic E-state index is 9.80. The molecule has 1 aromatic rings. The number of ether oxygens (including phenoxy) is 1. The molecular weight excluding hydrogens is 214 g/mol. The summed E-state index contributed by atoms with van der Waals surface area (Å²) in [5, 5.41) is 10.4. The summed E-state index contributed by atoms with van der Waals surface area (Å²) in [5.41, 5.74) is 6.43. The molecule has 1 aromatic carbocycles. The van der Waals surface area contributed by atoms with Gasteiger partial charge in [0.25, 0.3) is 0 Å². The number of halogens is 1. The molecule has 0 aliphatic carbocycles. The molecule has 3 N–H and O–H groups in total. The molecule has 0 saturated heterocycles. The molecule has 1 rings (SSSR count). The van der Waals surface area contributed by atoms with E-state index in [1.54, 1.807) is 12.1 Å². The van der Waals surface area contributed by atoms with E-state index in [2.05, 4.69) is 0 Å². The van der Waals surface area contributed by atoms with Crippen molar-refractivity contribution in [2.45, 2.75) is 25.8 Å². The van der Waals surface area contributed by atoms with Crippen molar-refractivity contribution < 1.29 is 9.84 Å². The van der Waals surface area contributed by atoms with E-state index in [0.717, 1.165) is 12.0 Å². The molecule has 3 nitrogen and oxygen atoms in total. The minimum atomic E-state index is 0.106. The molecular formula is C11H16ClNO2. The van der Waals surface area contributed by atoms with Crippen LogP contribution in [0.2, 0.25) is 5.02 Å². The summed E-state index contributed by atoms with van der Waals surface area (Å²) in [5.74, 6) is 0.560. The maximum absolute atomic E-state index is 9.80. The predicted molar refractivity (Wildman–Crippen MR) is 61.6 cm³/mol. The number of phenolic OH excluding ortho intramolecular Hbond substituents is 1. The molecule has 1 atom stereocenters. The van der Waals surface area contributed by atoms with Gasteiger partial charge in [-0.25, -0.2) is 0 Å². The lowest BCUT2D eigenvalue weighted by Gasteiger charge is -2.10. The lowest BCUT2D eigenvalue weighted by molar-refractivity contribution is 0.370. The minimum absolute atomic E-state index is 0.106. The Morgan fingerprint density at radius 2 is 2.20 bits per heavy atom. The largest absolute Gasteiger partial charge is 0.504 e. The Bertz CT molecular complexity index is 340. The lowest BCUT2D eigenvalue weighted by Crippen LogP contribution is -2.15. The van der Waals surface area contributed by atoms with Crippen molar-refractivity contribution in [3.05, 3.63) is 22.7 Å². The first-order valence-corrected chi connectivity index (χ1v) is 5.23. The average molecular weight is 230 g/mol. The van der Waals surface area contributed by atoms with Crippen molar-refractivity contribution in [3.8, 4) is 11.5 Å². The first-order chi connectivity index (χ1) is 7.04. The van der Waals surface area contributed by atoms with Gasteiger partial charge in [0.1, 0.15) is 0 Å². The van der Waals surface area contributed by atoms with Gasteiger partial charge < -0.3 is 15.6 Å². The minimum Gasteiger partial charge on any atom is -0.504 e. The van der Waals surface area contributed by atoms with Crippen molar-refractivity contribution in [1.82, 2.24) is 0 Å². The highest BCUT2D eigenvalue weighted by Gasteiger charge is 2.10. The van der Waals surface area contributed by atoms with Crippen LogP contribution in [0.5, 0.6) is 11.5 Å². The van der Waals surface area contributed by atoms with Gasteiger partial charge in [-0.1, -0.05) is 11.6 Å². The van der Waals surface area contributed by atoms with Gasteiger partial charge in [-0.2, -0.15) is 0 Å². The fourth-order valence-electron chi connectivity index (χ4n) is 1.36. The number of benzene rings is 1. The highest BCUT2D eigenvalue weighted by atomic mass is 35.5. The third-order valence-corrected chi connectivity index (χ3v) is 2.43. The van der Waals surface area contributed by atoms with Crippen molar-refractivity contribution in [2.75, 3.05) is 7.11 Å². The summed E-state index contributed by atoms with van der Waals surface area (Å²) in [4.78, 5) is 0. The standard InChI is InChI=1S/C11H16ClNO2/c1-7(13)3-4-8-5-9(12)6-10(15-2)11(8)14/h5-7,14H,3-4,13H2,1-2H3/t7-/m0/s1. The molecule has 0 fully saturated rings. The molecule has 4 heteroatoms. The third-order valence-electron chi connectivity index (χ3n) is 2.21. The molecule has 15 heavy (non-hydrogen) atoms. The first-order valence-electron chi connectivity index (χ1n) is 4.85. The molecule has 0 amide bonds. The van der Waals surface area contributed by atoms with Crippen LogP contribution in [0, 0.1) is 0 Å². The Balaban J connectivity index is 2.91. The quantitative estimate of drug-likeness (QED) is 0.833. The van der Waals surface area contributed by atoms with Gasteiger partial charge in [0.2, 0.25) is 0 Å². The number of methoxy groups -OCH3 is 1. The smallest absolute Gasteiger partial charge is 0.162 e. The van der Waals surface area contributed by atoms with Crippen molar-refractivity contribution >= 4 is 11.6 Å². The molecule has 0 bridgehead atoms. The van der Waals surface area contributed by atoms with Crippen molar-refractivity contribution in [1.29, 1.82) is 0 Å². The van der Waals surface area contributed by atoms with Gasteiger partial charge in [-0.05, 0) is 31.4 Å². The summed E-state index contributed by atoms with van der Waals surface area (Å²) in [6.45, 7) is 1.93. The van der Waals surface area contributed by atoms with Crippen LogP contribution in [0.3, 0.4) is 0 Å². The van der Waals surface area contributed by atoms with Gasteiger partial charge in [-0.3, -0.25) is 0 Å². The van der Waals surface area contributed by atoms with Gasteiger partial charge in [-0.15, -0.1) is 0 Å². The molecule has 0 spiro atoms. The molecule has 0 aliphatic rings. The van der Waals surface area contributed by atoms with E-state index in [1.165, 1.54) is 7.11 Å². The molecule has 0 aliphatic heterocycles. The normalized spacial score (nSPS) is 12.5. The van der Waals surface area contributed by atoms with E-state index in [4.69, 9.17) is 22.1 Å². The second kappa shape index (κ2) is 5.24. The number of phenols is 1. The second-order valence-electron chi connectivity index (χ2n) is 3.63. The molecule has 0 radical (unpaired) electrons. The highest BCUT2D eigenvalue weighted by molar-refractivity contribution is 6.30. The number of hydrogen-bond donors (Lipinski definition) is 2. The van der Waals surface area contributed by atoms with Gasteiger partial charge >= 0.3 is 0 Å². The Kier molecular flexibility index (Phi) is 4.24. The zero-order valence-corrected chi connectivity index (χ0v) is 9.71. The molecule has 0 heterocycles. The number of aromatic hydroxyl groups is 1. The predicted octanol–water partition coefficient (Wildman–Crippen LogP) is 2.33. The Morgan fingerprint density at radius 1 is 1.53 bits per heavy atom. The van der Waals surface area contributed by atoms with Crippen molar-refractivity contribution in [2.24, 2.45) is 5.73 Å².